The van der Waals surface area contributed by atoms with Crippen molar-refractivity contribution < 1.29 is 38.0 Å². The van der Waals surface area contributed by atoms with E-state index in [0.717, 1.165) is 24.2 Å². The molecule has 42 heavy (non-hydrogen) atoms. The van der Waals surface area contributed by atoms with E-state index >= 15 is 0 Å². The first kappa shape index (κ1) is 27.5. The molecule has 0 saturated carbocycles. The number of ketones is 1. The van der Waals surface area contributed by atoms with Gasteiger partial charge in [-0.05, 0) is 60.5 Å². The van der Waals surface area contributed by atoms with Crippen molar-refractivity contribution in [3.63, 3.8) is 0 Å². The summed E-state index contributed by atoms with van der Waals surface area (Å²) in [7, 11) is 1.50. The maximum atomic E-state index is 14.0. The van der Waals surface area contributed by atoms with Gasteiger partial charge in [0.2, 0.25) is 0 Å². The summed E-state index contributed by atoms with van der Waals surface area (Å²) in [6, 6.07) is 13.0. The number of amides is 1. The number of carbonyl (C=O) groups is 2. The number of thiazole rings is 1. The molecule has 1 fully saturated rings. The van der Waals surface area contributed by atoms with Crippen molar-refractivity contribution in [2.24, 2.45) is 0 Å². The van der Waals surface area contributed by atoms with Crippen molar-refractivity contribution in [1.29, 1.82) is 0 Å². The van der Waals surface area contributed by atoms with Crippen LogP contribution >= 0.6 is 11.3 Å². The average Bonchev–Trinajstić information content (AvgIpc) is 3.54. The number of nitrogens with zero attached hydrogens (tertiary/aromatic N) is 2. The molecule has 1 atom stereocenters. The van der Waals surface area contributed by atoms with Crippen LogP contribution in [0.5, 0.6) is 23.0 Å². The number of rotatable bonds is 8. The molecule has 216 valence electrons. The molecule has 4 aromatic rings. The largest absolute Gasteiger partial charge is 0.507 e. The van der Waals surface area contributed by atoms with Crippen LogP contribution in [0.3, 0.4) is 0 Å². The van der Waals surface area contributed by atoms with Gasteiger partial charge in [0, 0.05) is 5.56 Å². The number of benzene rings is 3. The number of anilines is 1. The fourth-order valence-corrected chi connectivity index (χ4v) is 6.00. The normalized spacial score (nSPS) is 17.6. The summed E-state index contributed by atoms with van der Waals surface area (Å²) >= 11 is 1.07. The lowest BCUT2D eigenvalue weighted by Crippen LogP contribution is -2.29. The predicted molar refractivity (Wildman–Crippen MR) is 155 cm³/mol. The van der Waals surface area contributed by atoms with Gasteiger partial charge in [-0.1, -0.05) is 30.7 Å². The Morgan fingerprint density at radius 2 is 1.88 bits per heavy atom. The second kappa shape index (κ2) is 11.3. The maximum Gasteiger partial charge on any atom is 0.301 e. The maximum absolute atomic E-state index is 14.0. The summed E-state index contributed by atoms with van der Waals surface area (Å²) in [6.07, 6.45) is 1.82. The molecule has 3 aromatic carbocycles. The predicted octanol–water partition coefficient (Wildman–Crippen LogP) is 6.02. The zero-order chi connectivity index (χ0) is 29.4. The molecular formula is C31H27FN2O7S. The van der Waals surface area contributed by atoms with Gasteiger partial charge >= 0.3 is 5.91 Å². The van der Waals surface area contributed by atoms with Crippen molar-refractivity contribution >= 4 is 44.1 Å². The van der Waals surface area contributed by atoms with Gasteiger partial charge in [0.15, 0.2) is 28.1 Å². The molecule has 6 rings (SSSR count). The molecule has 2 aliphatic rings. The van der Waals surface area contributed by atoms with E-state index in [-0.39, 0.29) is 22.0 Å². The number of Topliss-reactive ketones (excluding diaryl/α,β-unsaturated/α-hetero) is 1. The molecule has 3 heterocycles. The number of halogens is 1. The summed E-state index contributed by atoms with van der Waals surface area (Å²) in [5.41, 5.74) is 1.10. The quantitative estimate of drug-likeness (QED) is 0.115. The van der Waals surface area contributed by atoms with Gasteiger partial charge in [-0.15, -0.1) is 0 Å². The Balaban J connectivity index is 1.51. The third kappa shape index (κ3) is 4.89. The minimum Gasteiger partial charge on any atom is -0.507 e. The Labute approximate surface area is 244 Å². The highest BCUT2D eigenvalue weighted by Crippen LogP contribution is 2.46. The number of aliphatic hydroxyl groups excluding tert-OH is 1. The lowest BCUT2D eigenvalue weighted by atomic mass is 9.95. The zero-order valence-electron chi connectivity index (χ0n) is 22.9. The van der Waals surface area contributed by atoms with E-state index in [2.05, 4.69) is 11.9 Å². The molecule has 1 N–H and O–H groups in total. The Bertz CT molecular complexity index is 1730. The number of methoxy groups -OCH3 is 1. The Hall–Kier alpha value is -4.64. The third-order valence-corrected chi connectivity index (χ3v) is 8.08. The van der Waals surface area contributed by atoms with Crippen LogP contribution in [0.4, 0.5) is 9.52 Å². The van der Waals surface area contributed by atoms with Crippen LogP contribution in [-0.4, -0.2) is 48.7 Å². The minimum atomic E-state index is -1.07. The Kier molecular flexibility index (Phi) is 7.42. The number of aromatic nitrogens is 1. The van der Waals surface area contributed by atoms with E-state index in [1.807, 2.05) is 0 Å². The SMILES string of the molecule is CCCCOc1ccc(C2C(=C(O)c3ccc4c(c3)OCCO4)C(=O)C(=O)N2c2nc3ccc(F)cc3s2)cc1OC. The van der Waals surface area contributed by atoms with Crippen LogP contribution in [0.2, 0.25) is 0 Å². The Morgan fingerprint density at radius 3 is 2.67 bits per heavy atom. The molecule has 9 nitrogen and oxygen atoms in total. The first-order valence-corrected chi connectivity index (χ1v) is 14.3. The molecule has 1 amide bonds. The van der Waals surface area contributed by atoms with Gasteiger partial charge in [0.25, 0.3) is 5.78 Å². The number of fused-ring (bicyclic) bond motifs is 2. The molecule has 0 spiro atoms. The number of aliphatic hydroxyl groups is 1. The van der Waals surface area contributed by atoms with Crippen molar-refractivity contribution in [2.45, 2.75) is 25.8 Å². The van der Waals surface area contributed by atoms with Crippen LogP contribution in [0, 0.1) is 5.82 Å². The number of unbranched alkanes of at least 4 members (excludes halogenated alkanes) is 1. The van der Waals surface area contributed by atoms with Crippen molar-refractivity contribution in [2.75, 3.05) is 31.8 Å². The van der Waals surface area contributed by atoms with Crippen LogP contribution in [0.1, 0.15) is 36.9 Å². The highest BCUT2D eigenvalue weighted by molar-refractivity contribution is 7.22. The third-order valence-electron chi connectivity index (χ3n) is 7.06. The summed E-state index contributed by atoms with van der Waals surface area (Å²) in [5, 5.41) is 11.8. The van der Waals surface area contributed by atoms with E-state index in [9.17, 15) is 19.1 Å². The van der Waals surface area contributed by atoms with Crippen molar-refractivity contribution in [3.05, 3.63) is 77.1 Å². The van der Waals surface area contributed by atoms with Gasteiger partial charge in [0.05, 0.1) is 35.5 Å². The second-order valence-electron chi connectivity index (χ2n) is 9.75. The molecular weight excluding hydrogens is 563 g/mol. The number of hydrogen-bond donors (Lipinski definition) is 1. The topological polar surface area (TPSA) is 107 Å². The average molecular weight is 591 g/mol. The van der Waals surface area contributed by atoms with E-state index < -0.39 is 23.5 Å². The van der Waals surface area contributed by atoms with Crippen LogP contribution < -0.4 is 23.8 Å². The first-order chi connectivity index (χ1) is 20.4. The second-order valence-corrected chi connectivity index (χ2v) is 10.8. The lowest BCUT2D eigenvalue weighted by molar-refractivity contribution is -0.132. The lowest BCUT2D eigenvalue weighted by Gasteiger charge is -2.24. The minimum absolute atomic E-state index is 0.135. The van der Waals surface area contributed by atoms with Crippen LogP contribution in [0.15, 0.2) is 60.2 Å². The molecule has 1 aromatic heterocycles. The fourth-order valence-electron chi connectivity index (χ4n) is 4.98. The molecule has 0 aliphatic carbocycles. The molecule has 1 unspecified atom stereocenters. The van der Waals surface area contributed by atoms with E-state index in [4.69, 9.17) is 18.9 Å². The fraction of sp³-hybridized carbons (Fsp3) is 0.258. The summed E-state index contributed by atoms with van der Waals surface area (Å²) in [4.78, 5) is 33.0. The molecule has 11 heteroatoms. The van der Waals surface area contributed by atoms with Crippen molar-refractivity contribution in [1.82, 2.24) is 4.98 Å². The highest BCUT2D eigenvalue weighted by atomic mass is 32.1. The standard InChI is InChI=1S/C31H27FN2O7S/c1-3-4-11-39-21-9-5-17(14-23(21)38-2)27-26(28(35)18-6-10-22-24(15-18)41-13-12-40-22)29(36)30(37)34(27)31-33-20-8-7-19(32)16-25(20)42-31/h5-10,14-16,27,35H,3-4,11-13H2,1-2H3. The van der Waals surface area contributed by atoms with Gasteiger partial charge in [-0.25, -0.2) is 9.37 Å². The molecule has 0 radical (unpaired) electrons. The van der Waals surface area contributed by atoms with Gasteiger partial charge in [-0.3, -0.25) is 14.5 Å². The number of hydrogen-bond acceptors (Lipinski definition) is 9. The van der Waals surface area contributed by atoms with Gasteiger partial charge in [0.1, 0.15) is 24.8 Å². The molecule has 0 bridgehead atoms. The van der Waals surface area contributed by atoms with Gasteiger partial charge in [-0.2, -0.15) is 0 Å². The Morgan fingerprint density at radius 1 is 1.07 bits per heavy atom. The van der Waals surface area contributed by atoms with Gasteiger partial charge < -0.3 is 24.1 Å². The van der Waals surface area contributed by atoms with Crippen LogP contribution in [0.25, 0.3) is 16.0 Å². The monoisotopic (exact) mass is 590 g/mol. The first-order valence-electron chi connectivity index (χ1n) is 13.5. The van der Waals surface area contributed by atoms with E-state index in [0.29, 0.717) is 58.6 Å². The molecule has 1 saturated heterocycles. The molecule has 2 aliphatic heterocycles. The van der Waals surface area contributed by atoms with E-state index in [1.54, 1.807) is 36.4 Å². The summed E-state index contributed by atoms with van der Waals surface area (Å²) in [6.45, 7) is 3.30. The van der Waals surface area contributed by atoms with E-state index in [1.165, 1.54) is 30.2 Å². The smallest absolute Gasteiger partial charge is 0.301 e. The van der Waals surface area contributed by atoms with Crippen LogP contribution in [-0.2, 0) is 9.59 Å². The highest BCUT2D eigenvalue weighted by Gasteiger charge is 2.48. The summed E-state index contributed by atoms with van der Waals surface area (Å²) < 4.78 is 37.2. The van der Waals surface area contributed by atoms with Crippen molar-refractivity contribution in [3.8, 4) is 23.0 Å². The zero-order valence-corrected chi connectivity index (χ0v) is 23.7. The number of carbonyl (C=O) groups excluding carboxylic acids is 2. The number of ether oxygens (including phenoxy) is 4. The summed E-state index contributed by atoms with van der Waals surface area (Å²) in [5.74, 6) is -0.750.